The fraction of sp³-hybridized carbons (Fsp3) is 0.333. The van der Waals surface area contributed by atoms with Gasteiger partial charge in [0.15, 0.2) is 5.82 Å². The molecule has 3 heterocycles. The molecule has 0 saturated carbocycles. The summed E-state index contributed by atoms with van der Waals surface area (Å²) in [5.41, 5.74) is 3.51. The van der Waals surface area contributed by atoms with E-state index in [4.69, 9.17) is 16.3 Å². The summed E-state index contributed by atoms with van der Waals surface area (Å²) >= 11 is 6.45. The minimum absolute atomic E-state index is 0.0241. The fourth-order valence-electron chi connectivity index (χ4n) is 4.60. The van der Waals surface area contributed by atoms with Gasteiger partial charge in [-0.1, -0.05) is 17.7 Å². The number of sulfonamides is 1. The molecule has 0 radical (unpaired) electrons. The zero-order valence-corrected chi connectivity index (χ0v) is 24.0. The van der Waals surface area contributed by atoms with E-state index in [1.54, 1.807) is 12.1 Å². The fourth-order valence-corrected chi connectivity index (χ4v) is 5.31. The van der Waals surface area contributed by atoms with Gasteiger partial charge >= 0.3 is 0 Å². The molecule has 0 unspecified atom stereocenters. The number of piperidine rings is 1. The van der Waals surface area contributed by atoms with Crippen molar-refractivity contribution in [1.29, 1.82) is 0 Å². The lowest BCUT2D eigenvalue weighted by atomic mass is 9.90. The highest BCUT2D eigenvalue weighted by molar-refractivity contribution is 7.92. The van der Waals surface area contributed by atoms with E-state index in [-0.39, 0.29) is 28.6 Å². The molecule has 11 nitrogen and oxygen atoms in total. The van der Waals surface area contributed by atoms with E-state index in [9.17, 15) is 8.42 Å². The number of aromatic nitrogens is 4. The third kappa shape index (κ3) is 6.69. The van der Waals surface area contributed by atoms with Crippen LogP contribution in [0, 0.1) is 0 Å². The smallest absolute Gasteiger partial charge is 0.229 e. The Hall–Kier alpha value is -3.74. The van der Waals surface area contributed by atoms with E-state index >= 15 is 0 Å². The van der Waals surface area contributed by atoms with Crippen molar-refractivity contribution in [3.63, 3.8) is 0 Å². The first-order valence-corrected chi connectivity index (χ1v) is 15.2. The Morgan fingerprint density at radius 2 is 1.77 bits per heavy atom. The maximum Gasteiger partial charge on any atom is 0.229 e. The minimum atomic E-state index is -3.62. The Bertz CT molecular complexity index is 1630. The number of halogens is 1. The summed E-state index contributed by atoms with van der Waals surface area (Å²) in [6.45, 7) is 5.98. The first-order chi connectivity index (χ1) is 19.2. The monoisotopic (exact) mass is 582 g/mol. The molecule has 13 heteroatoms. The van der Waals surface area contributed by atoms with Gasteiger partial charge in [-0.3, -0.25) is 14.7 Å². The van der Waals surface area contributed by atoms with E-state index < -0.39 is 10.0 Å². The van der Waals surface area contributed by atoms with Crippen LogP contribution in [0.1, 0.15) is 38.2 Å². The van der Waals surface area contributed by atoms with Crippen LogP contribution in [-0.4, -0.2) is 53.8 Å². The first kappa shape index (κ1) is 27.8. The zero-order valence-electron chi connectivity index (χ0n) is 22.4. The molecule has 0 spiro atoms. The highest BCUT2D eigenvalue weighted by atomic mass is 35.5. The van der Waals surface area contributed by atoms with Gasteiger partial charge in [-0.15, -0.1) is 0 Å². The van der Waals surface area contributed by atoms with Crippen molar-refractivity contribution in [2.24, 2.45) is 0 Å². The average Bonchev–Trinajstić information content (AvgIpc) is 2.92. The second-order valence-corrected chi connectivity index (χ2v) is 12.0. The third-order valence-electron chi connectivity index (χ3n) is 6.35. The Kier molecular flexibility index (Phi) is 8.19. The van der Waals surface area contributed by atoms with Crippen LogP contribution >= 0.6 is 11.6 Å². The van der Waals surface area contributed by atoms with Gasteiger partial charge in [-0.05, 0) is 75.5 Å². The maximum absolute atomic E-state index is 12.1. The van der Waals surface area contributed by atoms with Crippen LogP contribution in [0.5, 0.6) is 5.75 Å². The van der Waals surface area contributed by atoms with Crippen LogP contribution in [0.25, 0.3) is 11.0 Å². The van der Waals surface area contributed by atoms with Gasteiger partial charge in [-0.2, -0.15) is 4.98 Å². The molecule has 1 aliphatic rings. The van der Waals surface area contributed by atoms with Gasteiger partial charge in [0.2, 0.25) is 16.0 Å². The Balaban J connectivity index is 1.46. The van der Waals surface area contributed by atoms with Crippen molar-refractivity contribution in [2.45, 2.75) is 38.7 Å². The van der Waals surface area contributed by atoms with E-state index in [0.717, 1.165) is 37.9 Å². The molecule has 4 aromatic rings. The van der Waals surface area contributed by atoms with Crippen LogP contribution in [0.3, 0.4) is 0 Å². The van der Waals surface area contributed by atoms with E-state index in [1.165, 1.54) is 24.2 Å². The lowest BCUT2D eigenvalue weighted by molar-refractivity contribution is 0.243. The molecule has 40 heavy (non-hydrogen) atoms. The number of ether oxygens (including phenoxy) is 1. The number of anilines is 5. The lowest BCUT2D eigenvalue weighted by Gasteiger charge is -2.24. The molecule has 0 atom stereocenters. The van der Waals surface area contributed by atoms with Crippen molar-refractivity contribution >= 4 is 61.5 Å². The van der Waals surface area contributed by atoms with Gasteiger partial charge in [0.05, 0.1) is 41.1 Å². The first-order valence-electron chi connectivity index (χ1n) is 13.0. The number of nitrogens with one attached hydrogen (secondary N) is 4. The standard InChI is InChI=1S/C27H31ClN8O3S/c1-16(2)39-23-14-18(17-8-10-29-11-9-17)4-5-20(23)34-27-32-15-19(28)26(35-27)33-22-7-6-21-24(31-13-12-30-21)25(22)36-40(3,37)38/h4-7,12-17,29,36H,8-11H2,1-3H3,(H2,32,33,34,35). The number of fused-ring (bicyclic) bond motifs is 1. The molecular weight excluding hydrogens is 552 g/mol. The highest BCUT2D eigenvalue weighted by Gasteiger charge is 2.19. The molecular formula is C27H31ClN8O3S. The van der Waals surface area contributed by atoms with Crippen LogP contribution < -0.4 is 25.4 Å². The molecule has 1 fully saturated rings. The van der Waals surface area contributed by atoms with Crippen molar-refractivity contribution in [2.75, 3.05) is 34.7 Å². The zero-order chi connectivity index (χ0) is 28.3. The summed E-state index contributed by atoms with van der Waals surface area (Å²) in [7, 11) is -3.62. The Morgan fingerprint density at radius 1 is 1.02 bits per heavy atom. The molecule has 4 N–H and O–H groups in total. The van der Waals surface area contributed by atoms with Crippen molar-refractivity contribution in [1.82, 2.24) is 25.3 Å². The van der Waals surface area contributed by atoms with Gasteiger partial charge in [0.25, 0.3) is 0 Å². The van der Waals surface area contributed by atoms with E-state index in [0.29, 0.717) is 28.4 Å². The van der Waals surface area contributed by atoms with Crippen LogP contribution in [0.4, 0.5) is 28.8 Å². The molecule has 0 aliphatic carbocycles. The average molecular weight is 583 g/mol. The lowest BCUT2D eigenvalue weighted by Crippen LogP contribution is -2.26. The summed E-state index contributed by atoms with van der Waals surface area (Å²) in [6.07, 6.45) is 7.71. The van der Waals surface area contributed by atoms with Crippen LogP contribution in [0.15, 0.2) is 48.9 Å². The summed E-state index contributed by atoms with van der Waals surface area (Å²) in [6, 6.07) is 9.60. The Labute approximate surface area is 238 Å². The van der Waals surface area contributed by atoms with Crippen molar-refractivity contribution in [3.8, 4) is 5.75 Å². The van der Waals surface area contributed by atoms with Crippen molar-refractivity contribution < 1.29 is 13.2 Å². The number of nitrogens with zero attached hydrogens (tertiary/aromatic N) is 4. The van der Waals surface area contributed by atoms with E-state index in [2.05, 4.69) is 52.7 Å². The quantitative estimate of drug-likeness (QED) is 0.208. The molecule has 1 aliphatic heterocycles. The number of benzene rings is 2. The van der Waals surface area contributed by atoms with Crippen molar-refractivity contribution in [3.05, 3.63) is 59.5 Å². The second kappa shape index (κ2) is 11.8. The number of hydrogen-bond acceptors (Lipinski definition) is 10. The number of rotatable bonds is 9. The molecule has 2 aromatic carbocycles. The normalized spacial score (nSPS) is 14.3. The SMILES string of the molecule is CC(C)Oc1cc(C2CCNCC2)ccc1Nc1ncc(Cl)c(Nc2ccc3nccnc3c2NS(C)(=O)=O)n1. The molecule has 5 rings (SSSR count). The Morgan fingerprint density at radius 3 is 2.52 bits per heavy atom. The maximum atomic E-state index is 12.1. The topological polar surface area (TPSA) is 143 Å². The van der Waals surface area contributed by atoms with Gasteiger partial charge in [-0.25, -0.2) is 13.4 Å². The summed E-state index contributed by atoms with van der Waals surface area (Å²) in [5.74, 6) is 1.76. The molecule has 0 bridgehead atoms. The summed E-state index contributed by atoms with van der Waals surface area (Å²) in [4.78, 5) is 17.5. The highest BCUT2D eigenvalue weighted by Crippen LogP contribution is 2.36. The largest absolute Gasteiger partial charge is 0.489 e. The summed E-state index contributed by atoms with van der Waals surface area (Å²) < 4.78 is 33.0. The van der Waals surface area contributed by atoms with Gasteiger partial charge in [0, 0.05) is 12.4 Å². The van der Waals surface area contributed by atoms with Crippen LogP contribution in [-0.2, 0) is 10.0 Å². The third-order valence-corrected chi connectivity index (χ3v) is 7.20. The van der Waals surface area contributed by atoms with Gasteiger partial charge < -0.3 is 20.7 Å². The molecule has 210 valence electrons. The summed E-state index contributed by atoms with van der Waals surface area (Å²) in [5, 5.41) is 10.0. The number of hydrogen-bond donors (Lipinski definition) is 4. The molecule has 1 saturated heterocycles. The molecule has 0 amide bonds. The van der Waals surface area contributed by atoms with Gasteiger partial charge in [0.1, 0.15) is 16.3 Å². The van der Waals surface area contributed by atoms with E-state index in [1.807, 2.05) is 19.9 Å². The molecule has 2 aromatic heterocycles. The van der Waals surface area contributed by atoms with Crippen LogP contribution in [0.2, 0.25) is 5.02 Å². The second-order valence-electron chi connectivity index (χ2n) is 9.87. The minimum Gasteiger partial charge on any atom is -0.489 e. The predicted octanol–water partition coefficient (Wildman–Crippen LogP) is 5.19. The predicted molar refractivity (Wildman–Crippen MR) is 159 cm³/mol.